The van der Waals surface area contributed by atoms with Crippen molar-refractivity contribution in [1.82, 2.24) is 9.80 Å². The number of amides is 2. The molecule has 0 atom stereocenters. The molecule has 0 aliphatic carbocycles. The molecule has 17 heavy (non-hydrogen) atoms. The lowest BCUT2D eigenvalue weighted by Gasteiger charge is -2.33. The van der Waals surface area contributed by atoms with Crippen LogP contribution in [0.4, 0.5) is 9.59 Å². The standard InChI is InChI=1S/C10H18N2O5/c1-2-16-9(14)11-3-5-12(6-4-11)10(15)17-8-7-13/h13H,2-8H2,1H3. The van der Waals surface area contributed by atoms with Crippen molar-refractivity contribution in [2.24, 2.45) is 0 Å². The summed E-state index contributed by atoms with van der Waals surface area (Å²) in [7, 11) is 0. The molecule has 0 radical (unpaired) electrons. The Morgan fingerprint density at radius 2 is 1.53 bits per heavy atom. The number of aliphatic hydroxyl groups excluding tert-OH is 1. The van der Waals surface area contributed by atoms with Crippen LogP contribution in [0.15, 0.2) is 0 Å². The predicted octanol–water partition coefficient (Wildman–Crippen LogP) is -0.111. The first-order valence-corrected chi connectivity index (χ1v) is 5.63. The summed E-state index contributed by atoms with van der Waals surface area (Å²) in [6, 6.07) is 0. The third-order valence-corrected chi connectivity index (χ3v) is 2.38. The summed E-state index contributed by atoms with van der Waals surface area (Å²) < 4.78 is 9.64. The van der Waals surface area contributed by atoms with Gasteiger partial charge in [-0.2, -0.15) is 0 Å². The van der Waals surface area contributed by atoms with Crippen LogP contribution in [-0.2, 0) is 9.47 Å². The fraction of sp³-hybridized carbons (Fsp3) is 0.800. The molecule has 1 fully saturated rings. The number of hydrogen-bond donors (Lipinski definition) is 1. The number of nitrogens with zero attached hydrogens (tertiary/aromatic N) is 2. The molecule has 1 rings (SSSR count). The van der Waals surface area contributed by atoms with E-state index in [-0.39, 0.29) is 19.3 Å². The molecule has 1 aliphatic heterocycles. The average molecular weight is 246 g/mol. The summed E-state index contributed by atoms with van der Waals surface area (Å²) >= 11 is 0. The van der Waals surface area contributed by atoms with Gasteiger partial charge >= 0.3 is 12.2 Å². The van der Waals surface area contributed by atoms with Gasteiger partial charge in [-0.3, -0.25) is 0 Å². The maximum atomic E-state index is 11.4. The molecule has 0 bridgehead atoms. The molecule has 0 aromatic carbocycles. The molecule has 0 saturated carbocycles. The molecule has 0 aromatic rings. The van der Waals surface area contributed by atoms with Gasteiger partial charge in [-0.25, -0.2) is 9.59 Å². The monoisotopic (exact) mass is 246 g/mol. The van der Waals surface area contributed by atoms with E-state index >= 15 is 0 Å². The van der Waals surface area contributed by atoms with E-state index in [0.717, 1.165) is 0 Å². The van der Waals surface area contributed by atoms with Crippen molar-refractivity contribution in [3.63, 3.8) is 0 Å². The maximum Gasteiger partial charge on any atom is 0.409 e. The highest BCUT2D eigenvalue weighted by Gasteiger charge is 2.25. The fourth-order valence-electron chi connectivity index (χ4n) is 1.51. The Labute approximate surface area is 99.9 Å². The molecule has 1 saturated heterocycles. The van der Waals surface area contributed by atoms with E-state index < -0.39 is 6.09 Å². The van der Waals surface area contributed by atoms with Crippen LogP contribution in [0.25, 0.3) is 0 Å². The van der Waals surface area contributed by atoms with Gasteiger partial charge in [0.15, 0.2) is 0 Å². The molecule has 1 heterocycles. The number of carbonyl (C=O) groups is 2. The zero-order valence-corrected chi connectivity index (χ0v) is 9.92. The van der Waals surface area contributed by atoms with Gasteiger partial charge in [0.25, 0.3) is 0 Å². The molecular weight excluding hydrogens is 228 g/mol. The van der Waals surface area contributed by atoms with Crippen LogP contribution in [0.5, 0.6) is 0 Å². The molecular formula is C10H18N2O5. The number of carbonyl (C=O) groups excluding carboxylic acids is 2. The quantitative estimate of drug-likeness (QED) is 0.751. The molecule has 7 nitrogen and oxygen atoms in total. The molecule has 0 unspecified atom stereocenters. The largest absolute Gasteiger partial charge is 0.450 e. The van der Waals surface area contributed by atoms with Crippen LogP contribution in [-0.4, -0.2) is 73.1 Å². The van der Waals surface area contributed by atoms with Gasteiger partial charge in [-0.15, -0.1) is 0 Å². The van der Waals surface area contributed by atoms with Crippen LogP contribution >= 0.6 is 0 Å². The summed E-state index contributed by atoms with van der Waals surface area (Å²) in [5.41, 5.74) is 0. The Morgan fingerprint density at radius 1 is 1.06 bits per heavy atom. The Kier molecular flexibility index (Phi) is 5.55. The smallest absolute Gasteiger partial charge is 0.409 e. The Bertz CT molecular complexity index is 263. The minimum absolute atomic E-state index is 0.00305. The highest BCUT2D eigenvalue weighted by atomic mass is 16.6. The number of hydrogen-bond acceptors (Lipinski definition) is 5. The lowest BCUT2D eigenvalue weighted by molar-refractivity contribution is 0.0554. The second-order valence-corrected chi connectivity index (χ2v) is 3.51. The van der Waals surface area contributed by atoms with E-state index in [2.05, 4.69) is 0 Å². The highest BCUT2D eigenvalue weighted by Crippen LogP contribution is 2.05. The first-order valence-electron chi connectivity index (χ1n) is 5.63. The van der Waals surface area contributed by atoms with Crippen molar-refractivity contribution in [3.05, 3.63) is 0 Å². The second kappa shape index (κ2) is 6.95. The van der Waals surface area contributed by atoms with Crippen LogP contribution in [0.1, 0.15) is 6.92 Å². The minimum Gasteiger partial charge on any atom is -0.450 e. The zero-order valence-electron chi connectivity index (χ0n) is 9.92. The summed E-state index contributed by atoms with van der Waals surface area (Å²) in [5.74, 6) is 0. The lowest BCUT2D eigenvalue weighted by atomic mass is 10.3. The van der Waals surface area contributed by atoms with Crippen LogP contribution in [0, 0.1) is 0 Å². The molecule has 7 heteroatoms. The minimum atomic E-state index is -0.456. The summed E-state index contributed by atoms with van der Waals surface area (Å²) in [6.45, 7) is 3.62. The van der Waals surface area contributed by atoms with E-state index in [1.807, 2.05) is 0 Å². The van der Waals surface area contributed by atoms with Crippen molar-refractivity contribution in [2.45, 2.75) is 6.92 Å². The van der Waals surface area contributed by atoms with Gasteiger partial charge in [0.05, 0.1) is 13.2 Å². The lowest BCUT2D eigenvalue weighted by Crippen LogP contribution is -2.51. The van der Waals surface area contributed by atoms with Gasteiger partial charge < -0.3 is 24.4 Å². The topological polar surface area (TPSA) is 79.3 Å². The first kappa shape index (κ1) is 13.6. The van der Waals surface area contributed by atoms with Crippen LogP contribution < -0.4 is 0 Å². The van der Waals surface area contributed by atoms with Crippen molar-refractivity contribution < 1.29 is 24.2 Å². The summed E-state index contributed by atoms with van der Waals surface area (Å²) in [6.07, 6.45) is -0.807. The Morgan fingerprint density at radius 3 is 1.94 bits per heavy atom. The van der Waals surface area contributed by atoms with Crippen molar-refractivity contribution in [1.29, 1.82) is 0 Å². The third-order valence-electron chi connectivity index (χ3n) is 2.38. The predicted molar refractivity (Wildman–Crippen MR) is 58.6 cm³/mol. The van der Waals surface area contributed by atoms with Crippen molar-refractivity contribution in [3.8, 4) is 0 Å². The van der Waals surface area contributed by atoms with Crippen LogP contribution in [0.2, 0.25) is 0 Å². The van der Waals surface area contributed by atoms with E-state index in [4.69, 9.17) is 14.6 Å². The number of ether oxygens (including phenoxy) is 2. The van der Waals surface area contributed by atoms with Crippen molar-refractivity contribution >= 4 is 12.2 Å². The van der Waals surface area contributed by atoms with Gasteiger partial charge in [-0.05, 0) is 6.92 Å². The SMILES string of the molecule is CCOC(=O)N1CCN(C(=O)OCCO)CC1. The molecule has 1 N–H and O–H groups in total. The number of rotatable bonds is 3. The Balaban J connectivity index is 2.30. The second-order valence-electron chi connectivity index (χ2n) is 3.51. The van der Waals surface area contributed by atoms with E-state index in [1.54, 1.807) is 11.8 Å². The number of aliphatic hydroxyl groups is 1. The fourth-order valence-corrected chi connectivity index (χ4v) is 1.51. The summed E-state index contributed by atoms with van der Waals surface area (Å²) in [5, 5.41) is 8.52. The van der Waals surface area contributed by atoms with E-state index in [1.165, 1.54) is 4.90 Å². The normalized spacial score (nSPS) is 15.6. The van der Waals surface area contributed by atoms with Gasteiger partial charge in [0.2, 0.25) is 0 Å². The van der Waals surface area contributed by atoms with Gasteiger partial charge in [0, 0.05) is 26.2 Å². The number of piperazine rings is 1. The van der Waals surface area contributed by atoms with Crippen LogP contribution in [0.3, 0.4) is 0 Å². The first-order chi connectivity index (χ1) is 8.19. The Hall–Kier alpha value is -1.50. The third kappa shape index (κ3) is 4.10. The van der Waals surface area contributed by atoms with E-state index in [0.29, 0.717) is 32.8 Å². The molecule has 1 aliphatic rings. The molecule has 2 amide bonds. The van der Waals surface area contributed by atoms with Crippen molar-refractivity contribution in [2.75, 3.05) is 46.0 Å². The maximum absolute atomic E-state index is 11.4. The highest BCUT2D eigenvalue weighted by molar-refractivity contribution is 5.70. The average Bonchev–Trinajstić information content (AvgIpc) is 2.36. The van der Waals surface area contributed by atoms with Gasteiger partial charge in [0.1, 0.15) is 6.61 Å². The molecule has 0 aromatic heterocycles. The summed E-state index contributed by atoms with van der Waals surface area (Å²) in [4.78, 5) is 25.9. The molecule has 0 spiro atoms. The molecule has 98 valence electrons. The zero-order chi connectivity index (χ0) is 12.7. The van der Waals surface area contributed by atoms with E-state index in [9.17, 15) is 9.59 Å². The van der Waals surface area contributed by atoms with Gasteiger partial charge in [-0.1, -0.05) is 0 Å².